The summed E-state index contributed by atoms with van der Waals surface area (Å²) in [5.74, 6) is 0.888. The molecule has 5 heteroatoms. The van der Waals surface area contributed by atoms with Crippen molar-refractivity contribution in [1.29, 1.82) is 0 Å². The summed E-state index contributed by atoms with van der Waals surface area (Å²) in [6.07, 6.45) is 1.77. The number of benzene rings is 1. The van der Waals surface area contributed by atoms with Crippen LogP contribution in [0.5, 0.6) is 0 Å². The number of nitrogens with one attached hydrogen (secondary N) is 3. The van der Waals surface area contributed by atoms with Gasteiger partial charge < -0.3 is 19.7 Å². The van der Waals surface area contributed by atoms with Crippen LogP contribution in [0.25, 0.3) is 11.0 Å². The fourth-order valence-corrected chi connectivity index (χ4v) is 2.48. The van der Waals surface area contributed by atoms with Crippen LogP contribution >= 0.6 is 0 Å². The third-order valence-electron chi connectivity index (χ3n) is 3.37. The van der Waals surface area contributed by atoms with Crippen molar-refractivity contribution in [3.05, 3.63) is 57.9 Å². The summed E-state index contributed by atoms with van der Waals surface area (Å²) in [6.45, 7) is 4.84. The molecule has 0 saturated carbocycles. The van der Waals surface area contributed by atoms with Gasteiger partial charge >= 0.3 is 5.69 Å². The molecule has 1 atom stereocenters. The van der Waals surface area contributed by atoms with Crippen LogP contribution in [0.15, 0.2) is 39.7 Å². The number of aryl methyl sites for hydroxylation is 1. The van der Waals surface area contributed by atoms with Crippen LogP contribution in [-0.4, -0.2) is 16.5 Å². The smallest absolute Gasteiger partial charge is 0.323 e. The Labute approximate surface area is 116 Å². The van der Waals surface area contributed by atoms with Crippen molar-refractivity contribution in [1.82, 2.24) is 15.3 Å². The van der Waals surface area contributed by atoms with Crippen molar-refractivity contribution in [2.24, 2.45) is 0 Å². The van der Waals surface area contributed by atoms with Gasteiger partial charge in [0, 0.05) is 5.56 Å². The van der Waals surface area contributed by atoms with Gasteiger partial charge in [-0.25, -0.2) is 4.79 Å². The Balaban J connectivity index is 2.06. The van der Waals surface area contributed by atoms with Crippen LogP contribution in [0.4, 0.5) is 0 Å². The zero-order valence-electron chi connectivity index (χ0n) is 11.5. The molecule has 2 aromatic heterocycles. The highest BCUT2D eigenvalue weighted by Crippen LogP contribution is 2.25. The Bertz CT molecular complexity index is 782. The largest absolute Gasteiger partial charge is 0.469 e. The Morgan fingerprint density at radius 2 is 2.00 bits per heavy atom. The van der Waals surface area contributed by atoms with Gasteiger partial charge in [0.25, 0.3) is 0 Å². The maximum absolute atomic E-state index is 11.3. The quantitative estimate of drug-likeness (QED) is 0.682. The Morgan fingerprint density at radius 3 is 2.70 bits per heavy atom. The highest BCUT2D eigenvalue weighted by Gasteiger charge is 2.16. The van der Waals surface area contributed by atoms with E-state index in [-0.39, 0.29) is 11.7 Å². The molecule has 20 heavy (non-hydrogen) atoms. The Hall–Kier alpha value is -2.27. The molecule has 0 aliphatic carbocycles. The number of aromatic amines is 2. The van der Waals surface area contributed by atoms with E-state index >= 15 is 0 Å². The van der Waals surface area contributed by atoms with Crippen LogP contribution < -0.4 is 11.0 Å². The number of furan rings is 1. The fraction of sp³-hybridized carbons (Fsp3) is 0.267. The highest BCUT2D eigenvalue weighted by atomic mass is 16.3. The summed E-state index contributed by atoms with van der Waals surface area (Å²) in [7, 11) is 0. The van der Waals surface area contributed by atoms with Crippen molar-refractivity contribution >= 4 is 11.0 Å². The average molecular weight is 271 g/mol. The van der Waals surface area contributed by atoms with Crippen LogP contribution in [-0.2, 0) is 0 Å². The number of rotatable bonds is 4. The monoisotopic (exact) mass is 271 g/mol. The van der Waals surface area contributed by atoms with Crippen LogP contribution in [0.3, 0.4) is 0 Å². The molecule has 0 spiro atoms. The zero-order chi connectivity index (χ0) is 14.1. The molecule has 3 aromatic rings. The van der Waals surface area contributed by atoms with E-state index in [9.17, 15) is 4.79 Å². The summed E-state index contributed by atoms with van der Waals surface area (Å²) in [4.78, 5) is 16.9. The maximum atomic E-state index is 11.3. The molecule has 0 aliphatic rings. The molecule has 104 valence electrons. The standard InChI is InChI=1S/C15H17N3O2/c1-3-16-14(11-6-9(2)20-8-11)10-4-5-12-13(7-10)18-15(19)17-12/h4-8,14,16H,3H2,1-2H3,(H2,17,18,19). The predicted octanol–water partition coefficient (Wildman–Crippen LogP) is 2.46. The normalized spacial score (nSPS) is 12.9. The van der Waals surface area contributed by atoms with Gasteiger partial charge in [0.05, 0.1) is 23.3 Å². The van der Waals surface area contributed by atoms with E-state index in [1.165, 1.54) is 0 Å². The lowest BCUT2D eigenvalue weighted by molar-refractivity contribution is 0.525. The molecule has 0 bridgehead atoms. The first kappa shape index (κ1) is 12.7. The van der Waals surface area contributed by atoms with E-state index in [0.29, 0.717) is 0 Å². The summed E-state index contributed by atoms with van der Waals surface area (Å²) in [6, 6.07) is 8.00. The predicted molar refractivity (Wildman–Crippen MR) is 77.9 cm³/mol. The molecule has 0 amide bonds. The van der Waals surface area contributed by atoms with Crippen molar-refractivity contribution in [2.45, 2.75) is 19.9 Å². The first-order valence-corrected chi connectivity index (χ1v) is 6.67. The van der Waals surface area contributed by atoms with E-state index in [1.807, 2.05) is 31.2 Å². The number of fused-ring (bicyclic) bond motifs is 1. The second-order valence-electron chi connectivity index (χ2n) is 4.87. The number of hydrogen-bond acceptors (Lipinski definition) is 3. The third-order valence-corrected chi connectivity index (χ3v) is 3.37. The lowest BCUT2D eigenvalue weighted by Gasteiger charge is -2.16. The van der Waals surface area contributed by atoms with Crippen molar-refractivity contribution in [2.75, 3.05) is 6.54 Å². The molecule has 1 aromatic carbocycles. The van der Waals surface area contributed by atoms with Crippen molar-refractivity contribution in [3.8, 4) is 0 Å². The number of imidazole rings is 1. The molecular formula is C15H17N3O2. The Kier molecular flexibility index (Phi) is 3.20. The average Bonchev–Trinajstić information content (AvgIpc) is 3.00. The van der Waals surface area contributed by atoms with Crippen molar-refractivity contribution in [3.63, 3.8) is 0 Å². The topological polar surface area (TPSA) is 73.8 Å². The van der Waals surface area contributed by atoms with Gasteiger partial charge in [-0.05, 0) is 37.2 Å². The van der Waals surface area contributed by atoms with Gasteiger partial charge in [0.2, 0.25) is 0 Å². The molecule has 0 saturated heterocycles. The fourth-order valence-electron chi connectivity index (χ4n) is 2.48. The van der Waals surface area contributed by atoms with Gasteiger partial charge in [-0.3, -0.25) is 0 Å². The minimum absolute atomic E-state index is 0.0558. The molecule has 0 fully saturated rings. The minimum Gasteiger partial charge on any atom is -0.469 e. The third kappa shape index (κ3) is 2.28. The van der Waals surface area contributed by atoms with E-state index in [0.717, 1.165) is 34.5 Å². The highest BCUT2D eigenvalue weighted by molar-refractivity contribution is 5.75. The summed E-state index contributed by atoms with van der Waals surface area (Å²) < 4.78 is 5.40. The number of H-pyrrole nitrogens is 2. The second kappa shape index (κ2) is 5.02. The molecule has 5 nitrogen and oxygen atoms in total. The van der Waals surface area contributed by atoms with Gasteiger partial charge in [-0.2, -0.15) is 0 Å². The molecule has 0 aliphatic heterocycles. The SMILES string of the molecule is CCNC(c1coc(C)c1)c1ccc2[nH]c(=O)[nH]c2c1. The summed E-state index contributed by atoms with van der Waals surface area (Å²) in [5, 5.41) is 3.44. The first-order chi connectivity index (χ1) is 9.67. The molecular weight excluding hydrogens is 254 g/mol. The molecule has 2 heterocycles. The molecule has 1 unspecified atom stereocenters. The molecule has 0 radical (unpaired) electrons. The van der Waals surface area contributed by atoms with Gasteiger partial charge in [-0.1, -0.05) is 13.0 Å². The second-order valence-corrected chi connectivity index (χ2v) is 4.87. The van der Waals surface area contributed by atoms with Gasteiger partial charge in [0.1, 0.15) is 5.76 Å². The zero-order valence-corrected chi connectivity index (χ0v) is 11.5. The van der Waals surface area contributed by atoms with E-state index in [1.54, 1.807) is 6.26 Å². The lowest BCUT2D eigenvalue weighted by Crippen LogP contribution is -2.21. The first-order valence-electron chi connectivity index (χ1n) is 6.67. The van der Waals surface area contributed by atoms with Crippen LogP contribution in [0.2, 0.25) is 0 Å². The molecule has 3 N–H and O–H groups in total. The van der Waals surface area contributed by atoms with E-state index in [4.69, 9.17) is 4.42 Å². The van der Waals surface area contributed by atoms with Crippen molar-refractivity contribution < 1.29 is 4.42 Å². The van der Waals surface area contributed by atoms with Gasteiger partial charge in [-0.15, -0.1) is 0 Å². The van der Waals surface area contributed by atoms with Gasteiger partial charge in [0.15, 0.2) is 0 Å². The summed E-state index contributed by atoms with van der Waals surface area (Å²) >= 11 is 0. The lowest BCUT2D eigenvalue weighted by atomic mass is 10.0. The molecule has 3 rings (SSSR count). The number of hydrogen-bond donors (Lipinski definition) is 3. The van der Waals surface area contributed by atoms with E-state index in [2.05, 4.69) is 22.2 Å². The van der Waals surface area contributed by atoms with Crippen LogP contribution in [0.1, 0.15) is 29.9 Å². The Morgan fingerprint density at radius 1 is 1.20 bits per heavy atom. The summed E-state index contributed by atoms with van der Waals surface area (Å²) in [5.41, 5.74) is 3.63. The van der Waals surface area contributed by atoms with Crippen LogP contribution in [0, 0.1) is 6.92 Å². The van der Waals surface area contributed by atoms with E-state index < -0.39 is 0 Å². The minimum atomic E-state index is -0.184. The maximum Gasteiger partial charge on any atom is 0.323 e. The number of aromatic nitrogens is 2.